The lowest BCUT2D eigenvalue weighted by Gasteiger charge is -2.52. The molecule has 1 spiro atoms. The monoisotopic (exact) mass is 699 g/mol. The Labute approximate surface area is 290 Å². The van der Waals surface area contributed by atoms with Gasteiger partial charge in [-0.1, -0.05) is 31.0 Å². The van der Waals surface area contributed by atoms with Crippen LogP contribution < -0.4 is 14.4 Å². The first kappa shape index (κ1) is 35.0. The smallest absolute Gasteiger partial charge is 0.264 e. The van der Waals surface area contributed by atoms with E-state index in [9.17, 15) is 18.0 Å². The third-order valence-corrected chi connectivity index (χ3v) is 14.1. The van der Waals surface area contributed by atoms with Crippen LogP contribution in [0.5, 0.6) is 5.75 Å². The van der Waals surface area contributed by atoms with Crippen molar-refractivity contribution >= 4 is 39.1 Å². The summed E-state index contributed by atoms with van der Waals surface area (Å²) >= 11 is 6.45. The normalized spacial score (nSPS) is 31.7. The van der Waals surface area contributed by atoms with Gasteiger partial charge < -0.3 is 19.3 Å². The van der Waals surface area contributed by atoms with Gasteiger partial charge in [-0.15, -0.1) is 0 Å². The van der Waals surface area contributed by atoms with Gasteiger partial charge in [-0.05, 0) is 111 Å². The first-order chi connectivity index (χ1) is 22.8. The standard InChI is InChI=1S/C37H50ClN3O6S/c1-24-8-6-17-37(46-5,20-34(42)40(3)4)31-13-10-28(31)21-41-22-36(16-7-9-26-18-29(38)12-14-30(26)36)23-47-33-15-11-27(19-32(33)41)35(43)39-48(44,45)25(24)2/h11-12,14-15,18-19,24-25,28,31H,6-10,13,16-17,20-23H2,1-5H3,(H,39,43)/t24-,25+,28-,31+,36-,37+/m0/s1. The number of halogens is 1. The van der Waals surface area contributed by atoms with Crippen LogP contribution >= 0.6 is 11.6 Å². The topological polar surface area (TPSA) is 105 Å². The van der Waals surface area contributed by atoms with Crippen LogP contribution in [-0.2, 0) is 31.4 Å². The SMILES string of the molecule is CO[C@@]1(CC(=O)N(C)C)CCC[C@H](C)[C@@H](C)S(=O)(=O)NC(=O)c2ccc3c(c2)N(C[C@@H]2CC[C@H]21)C[C@@]1(CCCc2cc(Cl)ccc21)CO3. The Morgan fingerprint density at radius 3 is 2.60 bits per heavy atom. The van der Waals surface area contributed by atoms with Crippen LogP contribution in [-0.4, -0.2) is 76.9 Å². The van der Waals surface area contributed by atoms with Gasteiger partial charge in [-0.25, -0.2) is 13.1 Å². The molecule has 0 saturated heterocycles. The van der Waals surface area contributed by atoms with Crippen molar-refractivity contribution in [3.63, 3.8) is 0 Å². The van der Waals surface area contributed by atoms with E-state index in [1.807, 2.05) is 13.0 Å². The molecule has 2 aliphatic heterocycles. The van der Waals surface area contributed by atoms with Gasteiger partial charge in [-0.2, -0.15) is 0 Å². The van der Waals surface area contributed by atoms with Crippen molar-refractivity contribution in [3.05, 3.63) is 58.1 Å². The number of aryl methyl sites for hydroxylation is 1. The molecule has 6 atom stereocenters. The zero-order valence-corrected chi connectivity index (χ0v) is 30.5. The van der Waals surface area contributed by atoms with Gasteiger partial charge in [0.05, 0.1) is 29.6 Å². The number of methoxy groups -OCH3 is 1. The lowest BCUT2D eigenvalue weighted by molar-refractivity contribution is -0.151. The van der Waals surface area contributed by atoms with Crippen molar-refractivity contribution in [2.24, 2.45) is 17.8 Å². The van der Waals surface area contributed by atoms with E-state index in [1.54, 1.807) is 51.2 Å². The van der Waals surface area contributed by atoms with E-state index >= 15 is 0 Å². The van der Waals surface area contributed by atoms with Crippen LogP contribution in [0.4, 0.5) is 5.69 Å². The third-order valence-electron chi connectivity index (χ3n) is 12.0. The molecule has 2 heterocycles. The number of fused-ring (bicyclic) bond motifs is 4. The Kier molecular flexibility index (Phi) is 9.83. The molecular weight excluding hydrogens is 650 g/mol. The number of anilines is 1. The minimum atomic E-state index is -3.96. The molecule has 0 radical (unpaired) electrons. The number of carbonyl (C=O) groups is 2. The fraction of sp³-hybridized carbons (Fsp3) is 0.622. The van der Waals surface area contributed by atoms with Gasteiger partial charge in [0.25, 0.3) is 5.91 Å². The number of hydrogen-bond donors (Lipinski definition) is 1. The Morgan fingerprint density at radius 1 is 1.10 bits per heavy atom. The molecule has 2 aromatic rings. The van der Waals surface area contributed by atoms with Crippen molar-refractivity contribution < 1.29 is 27.5 Å². The van der Waals surface area contributed by atoms with Crippen LogP contribution in [0, 0.1) is 17.8 Å². The van der Waals surface area contributed by atoms with Crippen LogP contribution in [0.25, 0.3) is 0 Å². The lowest BCUT2D eigenvalue weighted by atomic mass is 9.61. The largest absolute Gasteiger partial charge is 0.490 e. The molecule has 1 N–H and O–H groups in total. The van der Waals surface area contributed by atoms with Crippen LogP contribution in [0.3, 0.4) is 0 Å². The van der Waals surface area contributed by atoms with Crippen molar-refractivity contribution in [3.8, 4) is 5.75 Å². The zero-order chi connectivity index (χ0) is 34.4. The molecule has 0 aromatic heterocycles. The molecule has 2 aliphatic carbocycles. The summed E-state index contributed by atoms with van der Waals surface area (Å²) in [5.74, 6) is 0.245. The maximum atomic E-state index is 13.5. The highest BCUT2D eigenvalue weighted by molar-refractivity contribution is 7.90. The first-order valence-corrected chi connectivity index (χ1v) is 19.3. The summed E-state index contributed by atoms with van der Waals surface area (Å²) < 4.78 is 42.3. The minimum Gasteiger partial charge on any atom is -0.490 e. The fourth-order valence-electron chi connectivity index (χ4n) is 8.71. The van der Waals surface area contributed by atoms with Crippen molar-refractivity contribution in [2.75, 3.05) is 45.8 Å². The number of ether oxygens (including phenoxy) is 2. The highest BCUT2D eigenvalue weighted by Gasteiger charge is 2.51. The van der Waals surface area contributed by atoms with Gasteiger partial charge in [0, 0.05) is 50.3 Å². The zero-order valence-electron chi connectivity index (χ0n) is 28.9. The summed E-state index contributed by atoms with van der Waals surface area (Å²) in [5.41, 5.74) is 2.58. The van der Waals surface area contributed by atoms with Crippen molar-refractivity contribution in [2.45, 2.75) is 87.9 Å². The average molecular weight is 700 g/mol. The number of nitrogens with zero attached hydrogens (tertiary/aromatic N) is 2. The molecule has 11 heteroatoms. The fourth-order valence-corrected chi connectivity index (χ4v) is 10.2. The van der Waals surface area contributed by atoms with Crippen LogP contribution in [0.2, 0.25) is 5.02 Å². The second kappa shape index (κ2) is 13.5. The van der Waals surface area contributed by atoms with Crippen molar-refractivity contribution in [1.82, 2.24) is 9.62 Å². The second-order valence-electron chi connectivity index (χ2n) is 15.0. The maximum Gasteiger partial charge on any atom is 0.264 e. The summed E-state index contributed by atoms with van der Waals surface area (Å²) in [7, 11) is 1.33. The molecule has 2 amide bonds. The molecule has 6 rings (SSSR count). The number of rotatable bonds is 3. The molecule has 0 unspecified atom stereocenters. The number of hydrogen-bond acceptors (Lipinski definition) is 7. The average Bonchev–Trinajstić information content (AvgIpc) is 3.18. The van der Waals surface area contributed by atoms with Crippen LogP contribution in [0.1, 0.15) is 86.7 Å². The molecule has 1 fully saturated rings. The highest BCUT2D eigenvalue weighted by Crippen LogP contribution is 2.51. The minimum absolute atomic E-state index is 0.0261. The Hall–Kier alpha value is -2.82. The van der Waals surface area contributed by atoms with Crippen molar-refractivity contribution in [1.29, 1.82) is 0 Å². The Bertz CT molecular complexity index is 1670. The Morgan fingerprint density at radius 2 is 1.90 bits per heavy atom. The number of nitrogens with one attached hydrogen (secondary N) is 1. The summed E-state index contributed by atoms with van der Waals surface area (Å²) in [5, 5.41) is -0.0602. The van der Waals surface area contributed by atoms with Gasteiger partial charge in [0.2, 0.25) is 15.9 Å². The molecule has 2 bridgehead atoms. The second-order valence-corrected chi connectivity index (χ2v) is 17.5. The van der Waals surface area contributed by atoms with Gasteiger partial charge in [0.1, 0.15) is 5.75 Å². The number of amides is 2. The van der Waals surface area contributed by atoms with Gasteiger partial charge >= 0.3 is 0 Å². The molecule has 9 nitrogen and oxygen atoms in total. The molecular formula is C37H50ClN3O6S. The summed E-state index contributed by atoms with van der Waals surface area (Å²) in [6, 6.07) is 11.4. The highest BCUT2D eigenvalue weighted by atomic mass is 35.5. The predicted octanol–water partition coefficient (Wildman–Crippen LogP) is 5.97. The predicted molar refractivity (Wildman–Crippen MR) is 188 cm³/mol. The van der Waals surface area contributed by atoms with E-state index in [4.69, 9.17) is 21.1 Å². The molecule has 48 heavy (non-hydrogen) atoms. The van der Waals surface area contributed by atoms with Crippen LogP contribution in [0.15, 0.2) is 36.4 Å². The quantitative estimate of drug-likeness (QED) is 0.421. The summed E-state index contributed by atoms with van der Waals surface area (Å²) in [6.07, 6.45) is 7.12. The van der Waals surface area contributed by atoms with E-state index in [0.29, 0.717) is 44.7 Å². The molecule has 1 saturated carbocycles. The number of carbonyl (C=O) groups excluding carboxylic acids is 2. The third kappa shape index (κ3) is 6.56. The lowest BCUT2D eigenvalue weighted by Crippen LogP contribution is -2.55. The van der Waals surface area contributed by atoms with Gasteiger partial charge in [0.15, 0.2) is 0 Å². The number of sulfonamides is 1. The van der Waals surface area contributed by atoms with E-state index < -0.39 is 26.8 Å². The number of benzene rings is 2. The van der Waals surface area contributed by atoms with E-state index in [2.05, 4.69) is 21.8 Å². The van der Waals surface area contributed by atoms with E-state index in [1.165, 1.54) is 11.1 Å². The molecule has 4 aliphatic rings. The maximum absolute atomic E-state index is 13.5. The summed E-state index contributed by atoms with van der Waals surface area (Å²) in [6.45, 7) is 5.42. The Balaban J connectivity index is 1.45. The summed E-state index contributed by atoms with van der Waals surface area (Å²) in [4.78, 5) is 30.8. The van der Waals surface area contributed by atoms with E-state index in [0.717, 1.165) is 42.8 Å². The molecule has 262 valence electrons. The van der Waals surface area contributed by atoms with E-state index in [-0.39, 0.29) is 41.1 Å². The molecule has 2 aromatic carbocycles. The van der Waals surface area contributed by atoms with Gasteiger partial charge in [-0.3, -0.25) is 9.59 Å². The first-order valence-electron chi connectivity index (χ1n) is 17.4.